The topological polar surface area (TPSA) is 49.8 Å². The summed E-state index contributed by atoms with van der Waals surface area (Å²) < 4.78 is 5.59. The Kier molecular flexibility index (Phi) is 3.87. The van der Waals surface area contributed by atoms with Crippen LogP contribution < -0.4 is 4.74 Å². The average Bonchev–Trinajstić information content (AvgIpc) is 2.50. The summed E-state index contributed by atoms with van der Waals surface area (Å²) in [6, 6.07) is 5.77. The molecule has 1 aliphatic rings. The minimum absolute atomic E-state index is 0.0229. The van der Waals surface area contributed by atoms with E-state index in [1.54, 1.807) is 4.90 Å². The fourth-order valence-electron chi connectivity index (χ4n) is 2.07. The molecule has 1 aromatic carbocycles. The van der Waals surface area contributed by atoms with Crippen LogP contribution in [0.25, 0.3) is 0 Å². The predicted molar refractivity (Wildman–Crippen MR) is 69.0 cm³/mol. The van der Waals surface area contributed by atoms with E-state index in [0.29, 0.717) is 36.9 Å². The number of carbonyl (C=O) groups excluding carboxylic acids is 1. The summed E-state index contributed by atoms with van der Waals surface area (Å²) in [6.07, 6.45) is 0. The molecule has 4 nitrogen and oxygen atoms in total. The molecule has 1 heterocycles. The molecule has 0 saturated carbocycles. The van der Waals surface area contributed by atoms with Crippen LogP contribution in [-0.2, 0) is 0 Å². The molecule has 1 N–H and O–H groups in total. The van der Waals surface area contributed by atoms with E-state index < -0.39 is 0 Å². The van der Waals surface area contributed by atoms with E-state index in [4.69, 9.17) is 9.84 Å². The van der Waals surface area contributed by atoms with Crippen molar-refractivity contribution < 1.29 is 14.6 Å². The Bertz CT molecular complexity index is 443. The molecule has 0 atom stereocenters. The minimum atomic E-state index is -0.0564. The summed E-state index contributed by atoms with van der Waals surface area (Å²) in [7, 11) is 0. The van der Waals surface area contributed by atoms with Crippen LogP contribution in [0.1, 0.15) is 35.7 Å². The number of aliphatic hydroxyl groups is 1. The maximum Gasteiger partial charge on any atom is 0.257 e. The second-order valence-electron chi connectivity index (χ2n) is 4.77. The highest BCUT2D eigenvalue weighted by atomic mass is 16.5. The zero-order chi connectivity index (χ0) is 13.1. The van der Waals surface area contributed by atoms with Crippen molar-refractivity contribution in [2.45, 2.75) is 19.8 Å². The van der Waals surface area contributed by atoms with Gasteiger partial charge in [0.1, 0.15) is 12.4 Å². The highest BCUT2D eigenvalue weighted by Gasteiger charge is 2.23. The number of nitrogens with zero attached hydrogens (tertiary/aromatic N) is 1. The van der Waals surface area contributed by atoms with Crippen LogP contribution in [-0.4, -0.2) is 42.2 Å². The van der Waals surface area contributed by atoms with E-state index in [1.807, 2.05) is 18.2 Å². The largest absolute Gasteiger partial charge is 0.491 e. The van der Waals surface area contributed by atoms with E-state index in [0.717, 1.165) is 5.56 Å². The van der Waals surface area contributed by atoms with Crippen molar-refractivity contribution in [1.29, 1.82) is 0 Å². The Hall–Kier alpha value is -1.55. The number of hydrogen-bond donors (Lipinski definition) is 1. The summed E-state index contributed by atoms with van der Waals surface area (Å²) in [5, 5.41) is 8.98. The lowest BCUT2D eigenvalue weighted by atomic mass is 10.00. The first-order valence-corrected chi connectivity index (χ1v) is 6.30. The van der Waals surface area contributed by atoms with E-state index in [1.165, 1.54) is 0 Å². The highest BCUT2D eigenvalue weighted by Crippen LogP contribution is 2.27. The number of ether oxygens (including phenoxy) is 1. The van der Waals surface area contributed by atoms with Gasteiger partial charge >= 0.3 is 0 Å². The fourth-order valence-corrected chi connectivity index (χ4v) is 2.07. The predicted octanol–water partition coefficient (Wildman–Crippen LogP) is 1.64. The lowest BCUT2D eigenvalue weighted by Crippen LogP contribution is -2.34. The smallest absolute Gasteiger partial charge is 0.257 e. The van der Waals surface area contributed by atoms with Gasteiger partial charge in [-0.15, -0.1) is 0 Å². The van der Waals surface area contributed by atoms with Crippen LogP contribution in [0.5, 0.6) is 5.75 Å². The summed E-state index contributed by atoms with van der Waals surface area (Å²) >= 11 is 0. The van der Waals surface area contributed by atoms with Crippen molar-refractivity contribution in [2.75, 3.05) is 26.3 Å². The van der Waals surface area contributed by atoms with Gasteiger partial charge in [0.25, 0.3) is 5.91 Å². The van der Waals surface area contributed by atoms with Crippen molar-refractivity contribution in [3.63, 3.8) is 0 Å². The van der Waals surface area contributed by atoms with Gasteiger partial charge in [-0.3, -0.25) is 4.79 Å². The first-order valence-electron chi connectivity index (χ1n) is 6.30. The van der Waals surface area contributed by atoms with Crippen molar-refractivity contribution in [2.24, 2.45) is 0 Å². The number of fused-ring (bicyclic) bond motifs is 1. The molecule has 1 aromatic rings. The maximum atomic E-state index is 12.3. The standard InChI is InChI=1S/C14H19NO3/c1-10(2)11-3-4-13-12(9-11)14(17)15(5-7-16)6-8-18-13/h3-4,9-10,16H,5-8H2,1-2H3. The Morgan fingerprint density at radius 2 is 2.22 bits per heavy atom. The molecule has 2 rings (SSSR count). The third kappa shape index (κ3) is 2.48. The number of β-amino-alcohol motifs (C(OH)–C–C–N with tert-alkyl or cyclic N) is 1. The number of carbonyl (C=O) groups is 1. The molecule has 18 heavy (non-hydrogen) atoms. The Labute approximate surface area is 107 Å². The van der Waals surface area contributed by atoms with E-state index in [2.05, 4.69) is 13.8 Å². The number of hydrogen-bond acceptors (Lipinski definition) is 3. The lowest BCUT2D eigenvalue weighted by molar-refractivity contribution is 0.0721. The molecule has 0 radical (unpaired) electrons. The first-order chi connectivity index (χ1) is 8.63. The van der Waals surface area contributed by atoms with Gasteiger partial charge in [0.15, 0.2) is 0 Å². The molecule has 0 bridgehead atoms. The monoisotopic (exact) mass is 249 g/mol. The molecule has 4 heteroatoms. The molecule has 0 aromatic heterocycles. The number of rotatable bonds is 3. The molecule has 0 fully saturated rings. The Morgan fingerprint density at radius 1 is 1.44 bits per heavy atom. The third-order valence-corrected chi connectivity index (χ3v) is 3.18. The molecule has 0 spiro atoms. The van der Waals surface area contributed by atoms with Crippen LogP contribution in [0.2, 0.25) is 0 Å². The maximum absolute atomic E-state index is 12.3. The van der Waals surface area contributed by atoms with Gasteiger partial charge in [0.2, 0.25) is 0 Å². The lowest BCUT2D eigenvalue weighted by Gasteiger charge is -2.18. The SMILES string of the molecule is CC(C)c1ccc2c(c1)C(=O)N(CCO)CCO2. The zero-order valence-electron chi connectivity index (χ0n) is 10.8. The average molecular weight is 249 g/mol. The van der Waals surface area contributed by atoms with Gasteiger partial charge in [-0.05, 0) is 23.6 Å². The molecule has 1 amide bonds. The second-order valence-corrected chi connectivity index (χ2v) is 4.77. The van der Waals surface area contributed by atoms with Gasteiger partial charge in [0, 0.05) is 6.54 Å². The summed E-state index contributed by atoms with van der Waals surface area (Å²) in [4.78, 5) is 14.0. The van der Waals surface area contributed by atoms with Crippen molar-refractivity contribution >= 4 is 5.91 Å². The second kappa shape index (κ2) is 5.40. The van der Waals surface area contributed by atoms with E-state index >= 15 is 0 Å². The van der Waals surface area contributed by atoms with Crippen molar-refractivity contribution in [3.8, 4) is 5.75 Å². The molecule has 98 valence electrons. The summed E-state index contributed by atoms with van der Waals surface area (Å²) in [6.45, 7) is 5.51. The first kappa shape index (κ1) is 12.9. The normalized spacial score (nSPS) is 15.3. The molecular weight excluding hydrogens is 230 g/mol. The Balaban J connectivity index is 2.37. The third-order valence-electron chi connectivity index (χ3n) is 3.18. The number of aliphatic hydroxyl groups excluding tert-OH is 1. The minimum Gasteiger partial charge on any atom is -0.491 e. The molecule has 0 aliphatic carbocycles. The van der Waals surface area contributed by atoms with Crippen LogP contribution in [0, 0.1) is 0 Å². The summed E-state index contributed by atoms with van der Waals surface area (Å²) in [5.74, 6) is 0.960. The van der Waals surface area contributed by atoms with Gasteiger partial charge < -0.3 is 14.7 Å². The van der Waals surface area contributed by atoms with Crippen LogP contribution in [0.4, 0.5) is 0 Å². The molecule has 0 saturated heterocycles. The van der Waals surface area contributed by atoms with Gasteiger partial charge in [-0.1, -0.05) is 19.9 Å². The zero-order valence-corrected chi connectivity index (χ0v) is 10.8. The number of benzene rings is 1. The van der Waals surface area contributed by atoms with Gasteiger partial charge in [-0.2, -0.15) is 0 Å². The van der Waals surface area contributed by atoms with Crippen molar-refractivity contribution in [1.82, 2.24) is 4.90 Å². The van der Waals surface area contributed by atoms with Crippen molar-refractivity contribution in [3.05, 3.63) is 29.3 Å². The van der Waals surface area contributed by atoms with Gasteiger partial charge in [0.05, 0.1) is 18.7 Å². The quantitative estimate of drug-likeness (QED) is 0.886. The Morgan fingerprint density at radius 3 is 2.89 bits per heavy atom. The van der Waals surface area contributed by atoms with Crippen LogP contribution >= 0.6 is 0 Å². The molecule has 1 aliphatic heterocycles. The van der Waals surface area contributed by atoms with Gasteiger partial charge in [-0.25, -0.2) is 0 Å². The summed E-state index contributed by atoms with van der Waals surface area (Å²) in [5.41, 5.74) is 1.73. The fraction of sp³-hybridized carbons (Fsp3) is 0.500. The molecule has 0 unspecified atom stereocenters. The molecular formula is C14H19NO3. The van der Waals surface area contributed by atoms with Crippen LogP contribution in [0.15, 0.2) is 18.2 Å². The number of amides is 1. The highest BCUT2D eigenvalue weighted by molar-refractivity contribution is 5.97. The van der Waals surface area contributed by atoms with Crippen LogP contribution in [0.3, 0.4) is 0 Å². The van der Waals surface area contributed by atoms with E-state index in [-0.39, 0.29) is 12.5 Å². The van der Waals surface area contributed by atoms with E-state index in [9.17, 15) is 4.79 Å².